The van der Waals surface area contributed by atoms with Gasteiger partial charge in [0, 0.05) is 16.5 Å². The van der Waals surface area contributed by atoms with Crippen molar-refractivity contribution >= 4 is 48.6 Å². The van der Waals surface area contributed by atoms with Gasteiger partial charge in [0.1, 0.15) is 17.3 Å². The maximum Gasteiger partial charge on any atom is 0.269 e. The van der Waals surface area contributed by atoms with Gasteiger partial charge in [-0.2, -0.15) is 4.89 Å². The summed E-state index contributed by atoms with van der Waals surface area (Å²) in [5.74, 6) is 8.61. The number of hydrogen-bond acceptors (Lipinski definition) is 8. The van der Waals surface area contributed by atoms with Crippen LogP contribution in [0.5, 0.6) is 11.5 Å². The lowest BCUT2D eigenvalue weighted by atomic mass is 9.47. The molecule has 264 valence electrons. The minimum atomic E-state index is -0.757. The van der Waals surface area contributed by atoms with Crippen molar-refractivity contribution < 1.29 is 28.7 Å². The number of methoxy groups -OCH3 is 4. The fourth-order valence-electron chi connectivity index (χ4n) is 12.3. The monoisotopic (exact) mass is 712 g/mol. The molecule has 3 heterocycles. The highest BCUT2D eigenvalue weighted by Gasteiger charge is 2.77. The molecule has 0 N–H and O–H groups in total. The summed E-state index contributed by atoms with van der Waals surface area (Å²) in [6.45, 7) is 0. The van der Waals surface area contributed by atoms with Crippen molar-refractivity contribution in [3.8, 4) is 11.5 Å². The normalized spacial score (nSPS) is 37.2. The van der Waals surface area contributed by atoms with E-state index in [9.17, 15) is 0 Å². The van der Waals surface area contributed by atoms with Crippen molar-refractivity contribution in [3.05, 3.63) is 63.9 Å². The first-order chi connectivity index (χ1) is 24.4. The van der Waals surface area contributed by atoms with Gasteiger partial charge >= 0.3 is 0 Å². The van der Waals surface area contributed by atoms with Crippen molar-refractivity contribution in [2.75, 3.05) is 28.4 Å². The Bertz CT molecular complexity index is 1910. The summed E-state index contributed by atoms with van der Waals surface area (Å²) in [7, 11) is 7.07. The minimum Gasteiger partial charge on any atom is -0.497 e. The smallest absolute Gasteiger partial charge is 0.269 e. The molecule has 1 aliphatic heterocycles. The second-order valence-corrected chi connectivity index (χ2v) is 18.6. The van der Waals surface area contributed by atoms with E-state index in [1.807, 2.05) is 30.6 Å². The Balaban J connectivity index is 0.000000127. The van der Waals surface area contributed by atoms with Crippen LogP contribution in [0.1, 0.15) is 74.0 Å². The molecule has 1 unspecified atom stereocenters. The summed E-state index contributed by atoms with van der Waals surface area (Å²) in [5.41, 5.74) is 1.34. The lowest BCUT2D eigenvalue weighted by Crippen LogP contribution is -2.76. The van der Waals surface area contributed by atoms with Crippen LogP contribution in [0.25, 0.3) is 25.9 Å². The third kappa shape index (κ3) is 4.67. The highest BCUT2D eigenvalue weighted by Crippen LogP contribution is 2.70. The third-order valence-corrected chi connectivity index (χ3v) is 16.2. The highest BCUT2D eigenvalue weighted by atomic mass is 32.1. The van der Waals surface area contributed by atoms with Gasteiger partial charge in [-0.05, 0) is 176 Å². The average Bonchev–Trinajstić information content (AvgIpc) is 3.73. The zero-order chi connectivity index (χ0) is 33.8. The van der Waals surface area contributed by atoms with Gasteiger partial charge in [0.05, 0.1) is 31.1 Å². The molecule has 8 saturated carbocycles. The Morgan fingerprint density at radius 3 is 1.66 bits per heavy atom. The van der Waals surface area contributed by atoms with E-state index in [1.54, 1.807) is 38.2 Å². The third-order valence-electron chi connectivity index (χ3n) is 13.9. The summed E-state index contributed by atoms with van der Waals surface area (Å²) >= 11 is 3.61. The molecule has 9 aliphatic rings. The molecule has 4 aromatic rings. The number of rotatable bonds is 6. The molecule has 2 aromatic carbocycles. The van der Waals surface area contributed by atoms with Crippen molar-refractivity contribution in [2.45, 2.75) is 75.6 Å². The van der Waals surface area contributed by atoms with E-state index in [4.69, 9.17) is 28.7 Å². The zero-order valence-corrected chi connectivity index (χ0v) is 31.2. The van der Waals surface area contributed by atoms with Crippen LogP contribution in [0.4, 0.5) is 0 Å². The van der Waals surface area contributed by atoms with Crippen LogP contribution >= 0.6 is 22.7 Å². The zero-order valence-electron chi connectivity index (χ0n) is 29.6. The molecule has 8 aliphatic carbocycles. The molecule has 8 bridgehead atoms. The molecule has 50 heavy (non-hydrogen) atoms. The van der Waals surface area contributed by atoms with E-state index >= 15 is 0 Å². The summed E-state index contributed by atoms with van der Waals surface area (Å²) in [4.78, 5) is 14.4. The van der Waals surface area contributed by atoms with E-state index in [1.165, 1.54) is 95.0 Å². The molecule has 1 atom stereocenters. The van der Waals surface area contributed by atoms with E-state index in [0.29, 0.717) is 11.8 Å². The summed E-state index contributed by atoms with van der Waals surface area (Å²) in [6, 6.07) is 17.1. The summed E-state index contributed by atoms with van der Waals surface area (Å²) in [5, 5.41) is 2.43. The van der Waals surface area contributed by atoms with Gasteiger partial charge in [0.2, 0.25) is 0 Å². The second kappa shape index (κ2) is 12.0. The van der Waals surface area contributed by atoms with Gasteiger partial charge < -0.3 is 18.9 Å². The molecule has 0 radical (unpaired) electrons. The second-order valence-electron chi connectivity index (χ2n) is 16.4. The molecule has 2 aromatic heterocycles. The lowest BCUT2D eigenvalue weighted by Gasteiger charge is -2.68. The molecule has 1 saturated heterocycles. The highest BCUT2D eigenvalue weighted by molar-refractivity contribution is 7.20. The van der Waals surface area contributed by atoms with E-state index in [0.717, 1.165) is 51.9 Å². The Labute approximate surface area is 303 Å². The minimum absolute atomic E-state index is 0.305. The number of allylic oxidation sites excluding steroid dienone is 1. The molecular weight excluding hydrogens is 665 g/mol. The van der Waals surface area contributed by atoms with Gasteiger partial charge in [-0.15, -0.1) is 22.7 Å². The maximum absolute atomic E-state index is 6.16. The van der Waals surface area contributed by atoms with E-state index in [-0.39, 0.29) is 5.60 Å². The average molecular weight is 713 g/mol. The standard InChI is InChI=1S/C21H24O4S.C21H24O2S/c1-22-17-3-4-18-14(10-17)11-19(26-18)21(23-2)20(24-25-21)15-6-12-5-13(8-15)9-16(20)7-12;1-22-17-3-4-18-14(10-17)11-19(24-18)21(23-2)20-15-6-12-5-13(8-15)9-16(20)7-12/h3-4,10-13,15-16H,5-9H2,1-2H3;3-4,10-13,15-16H,5-9H2,1-2H3. The van der Waals surface area contributed by atoms with E-state index in [2.05, 4.69) is 36.4 Å². The van der Waals surface area contributed by atoms with Crippen molar-refractivity contribution in [1.29, 1.82) is 0 Å². The Hall–Kier alpha value is -2.62. The lowest BCUT2D eigenvalue weighted by molar-refractivity contribution is -0.644. The van der Waals surface area contributed by atoms with Crippen LogP contribution in [0, 0.1) is 47.3 Å². The van der Waals surface area contributed by atoms with Gasteiger partial charge in [-0.25, -0.2) is 4.89 Å². The Morgan fingerprint density at radius 2 is 1.16 bits per heavy atom. The van der Waals surface area contributed by atoms with E-state index < -0.39 is 5.79 Å². The number of thiophene rings is 2. The largest absolute Gasteiger partial charge is 0.497 e. The predicted molar refractivity (Wildman–Crippen MR) is 198 cm³/mol. The van der Waals surface area contributed by atoms with Crippen LogP contribution < -0.4 is 9.47 Å². The first-order valence-electron chi connectivity index (χ1n) is 18.8. The number of hydrogen-bond donors (Lipinski definition) is 0. The molecule has 8 heteroatoms. The summed E-state index contributed by atoms with van der Waals surface area (Å²) in [6.07, 6.45) is 13.6. The van der Waals surface area contributed by atoms with Crippen LogP contribution in [-0.2, 0) is 25.0 Å². The molecule has 0 amide bonds. The molecular formula is C42H48O6S2. The first-order valence-corrected chi connectivity index (χ1v) is 20.4. The Morgan fingerprint density at radius 1 is 0.620 bits per heavy atom. The van der Waals surface area contributed by atoms with Gasteiger partial charge in [-0.3, -0.25) is 0 Å². The van der Waals surface area contributed by atoms with Gasteiger partial charge in [0.15, 0.2) is 5.60 Å². The maximum atomic E-state index is 6.16. The molecule has 1 spiro atoms. The Kier molecular flexibility index (Phi) is 7.67. The van der Waals surface area contributed by atoms with Crippen LogP contribution in [0.3, 0.4) is 0 Å². The molecule has 6 nitrogen and oxygen atoms in total. The number of fused-ring (bicyclic) bond motifs is 2. The fraction of sp³-hybridized carbons (Fsp3) is 0.571. The molecule has 13 rings (SSSR count). The number of benzene rings is 2. The SMILES string of the molecule is COC(=C1C2CC3CC(C2)CC1C3)c1cc2cc(OC)ccc2s1.COc1ccc2sc(C3(OC)OOC34C3CC5CC(C3)CC4C5)cc2c1. The van der Waals surface area contributed by atoms with Crippen molar-refractivity contribution in [2.24, 2.45) is 47.3 Å². The first kappa shape index (κ1) is 32.1. The van der Waals surface area contributed by atoms with Crippen molar-refractivity contribution in [1.82, 2.24) is 0 Å². The summed E-state index contributed by atoms with van der Waals surface area (Å²) < 4.78 is 25.5. The van der Waals surface area contributed by atoms with Crippen molar-refractivity contribution in [3.63, 3.8) is 0 Å². The quantitative estimate of drug-likeness (QED) is 0.147. The van der Waals surface area contributed by atoms with Gasteiger partial charge in [0.25, 0.3) is 5.79 Å². The van der Waals surface area contributed by atoms with Crippen LogP contribution in [0.15, 0.2) is 54.1 Å². The fourth-order valence-corrected chi connectivity index (χ4v) is 14.6. The number of ether oxygens (including phenoxy) is 4. The van der Waals surface area contributed by atoms with Crippen LogP contribution in [0.2, 0.25) is 0 Å². The predicted octanol–water partition coefficient (Wildman–Crippen LogP) is 10.6. The molecule has 9 fully saturated rings. The van der Waals surface area contributed by atoms with Gasteiger partial charge in [-0.1, -0.05) is 0 Å². The van der Waals surface area contributed by atoms with Crippen LogP contribution in [-0.4, -0.2) is 34.0 Å². The topological polar surface area (TPSA) is 55.4 Å².